The van der Waals surface area contributed by atoms with Gasteiger partial charge < -0.3 is 14.6 Å². The maximum Gasteiger partial charge on any atom is 0.337 e. The number of methoxy groups -OCH3 is 1. The molecule has 0 aliphatic carbocycles. The summed E-state index contributed by atoms with van der Waals surface area (Å²) >= 11 is 0. The molecular weight excluding hydrogens is 306 g/mol. The third kappa shape index (κ3) is 3.33. The largest absolute Gasteiger partial charge is 0.465 e. The van der Waals surface area contributed by atoms with E-state index in [1.165, 1.54) is 7.11 Å². The van der Waals surface area contributed by atoms with Crippen molar-refractivity contribution in [3.8, 4) is 5.69 Å². The molecule has 3 aromatic rings. The van der Waals surface area contributed by atoms with Gasteiger partial charge in [0.25, 0.3) is 5.91 Å². The second-order valence-electron chi connectivity index (χ2n) is 5.04. The summed E-state index contributed by atoms with van der Waals surface area (Å²) in [5.41, 5.74) is 2.49. The highest BCUT2D eigenvalue weighted by atomic mass is 16.5. The van der Waals surface area contributed by atoms with E-state index in [0.29, 0.717) is 16.8 Å². The van der Waals surface area contributed by atoms with Crippen LogP contribution in [0.4, 0.5) is 5.69 Å². The van der Waals surface area contributed by atoms with E-state index in [1.807, 2.05) is 35.0 Å². The first kappa shape index (κ1) is 15.5. The molecule has 3 rings (SSSR count). The van der Waals surface area contributed by atoms with Gasteiger partial charge in [-0.05, 0) is 48.5 Å². The zero-order valence-electron chi connectivity index (χ0n) is 13.0. The number of benzene rings is 2. The van der Waals surface area contributed by atoms with E-state index in [1.54, 1.807) is 36.8 Å². The number of aromatic nitrogens is 2. The maximum atomic E-state index is 12.2. The number of carbonyl (C=O) groups excluding carboxylic acids is 2. The smallest absolute Gasteiger partial charge is 0.337 e. The Bertz CT molecular complexity index is 838. The van der Waals surface area contributed by atoms with Crippen molar-refractivity contribution in [2.24, 2.45) is 0 Å². The Morgan fingerprint density at radius 2 is 1.67 bits per heavy atom. The number of rotatable bonds is 4. The number of nitrogens with zero attached hydrogens (tertiary/aromatic N) is 2. The van der Waals surface area contributed by atoms with Crippen LogP contribution in [-0.2, 0) is 4.74 Å². The zero-order chi connectivity index (χ0) is 16.9. The van der Waals surface area contributed by atoms with Crippen molar-refractivity contribution in [3.05, 3.63) is 78.4 Å². The minimum absolute atomic E-state index is 0.248. The van der Waals surface area contributed by atoms with Gasteiger partial charge in [-0.15, -0.1) is 0 Å². The first-order valence-electron chi connectivity index (χ1n) is 7.25. The zero-order valence-corrected chi connectivity index (χ0v) is 13.0. The van der Waals surface area contributed by atoms with Crippen LogP contribution in [0.15, 0.2) is 67.3 Å². The number of hydrogen-bond donors (Lipinski definition) is 1. The van der Waals surface area contributed by atoms with Crippen LogP contribution in [0.1, 0.15) is 20.7 Å². The van der Waals surface area contributed by atoms with Crippen LogP contribution in [0.2, 0.25) is 0 Å². The molecule has 1 N–H and O–H groups in total. The van der Waals surface area contributed by atoms with Crippen molar-refractivity contribution in [3.63, 3.8) is 0 Å². The third-order valence-electron chi connectivity index (χ3n) is 3.50. The molecule has 1 amide bonds. The van der Waals surface area contributed by atoms with E-state index in [0.717, 1.165) is 5.69 Å². The highest BCUT2D eigenvalue weighted by molar-refractivity contribution is 6.04. The topological polar surface area (TPSA) is 73.2 Å². The Hall–Kier alpha value is -3.41. The van der Waals surface area contributed by atoms with Crippen LogP contribution >= 0.6 is 0 Å². The molecule has 0 atom stereocenters. The van der Waals surface area contributed by atoms with Crippen molar-refractivity contribution in [1.29, 1.82) is 0 Å². The highest BCUT2D eigenvalue weighted by Gasteiger charge is 2.09. The van der Waals surface area contributed by atoms with Gasteiger partial charge >= 0.3 is 5.97 Å². The number of ether oxygens (including phenoxy) is 1. The second kappa shape index (κ2) is 6.78. The van der Waals surface area contributed by atoms with Gasteiger partial charge in [0, 0.05) is 29.3 Å². The van der Waals surface area contributed by atoms with Crippen molar-refractivity contribution in [1.82, 2.24) is 9.55 Å². The highest BCUT2D eigenvalue weighted by Crippen LogP contribution is 2.14. The summed E-state index contributed by atoms with van der Waals surface area (Å²) in [6, 6.07) is 13.7. The van der Waals surface area contributed by atoms with E-state index >= 15 is 0 Å². The van der Waals surface area contributed by atoms with Gasteiger partial charge in [0.05, 0.1) is 19.0 Å². The monoisotopic (exact) mass is 321 g/mol. The molecular formula is C18H15N3O3. The van der Waals surface area contributed by atoms with Crippen molar-refractivity contribution < 1.29 is 14.3 Å². The molecule has 0 aliphatic heterocycles. The van der Waals surface area contributed by atoms with Gasteiger partial charge in [-0.1, -0.05) is 0 Å². The van der Waals surface area contributed by atoms with Gasteiger partial charge in [-0.3, -0.25) is 4.79 Å². The first-order valence-corrected chi connectivity index (χ1v) is 7.25. The normalized spacial score (nSPS) is 10.2. The van der Waals surface area contributed by atoms with Crippen LogP contribution in [0.25, 0.3) is 5.69 Å². The second-order valence-corrected chi connectivity index (χ2v) is 5.04. The molecule has 0 saturated heterocycles. The molecule has 0 fully saturated rings. The number of carbonyl (C=O) groups is 2. The van der Waals surface area contributed by atoms with Crippen LogP contribution in [-0.4, -0.2) is 28.5 Å². The molecule has 1 aromatic heterocycles. The fraction of sp³-hybridized carbons (Fsp3) is 0.0556. The van der Waals surface area contributed by atoms with Gasteiger partial charge in [0.2, 0.25) is 0 Å². The van der Waals surface area contributed by atoms with E-state index < -0.39 is 5.97 Å². The molecule has 0 unspecified atom stereocenters. The Kier molecular flexibility index (Phi) is 4.38. The van der Waals surface area contributed by atoms with Crippen LogP contribution in [0, 0.1) is 0 Å². The summed E-state index contributed by atoms with van der Waals surface area (Å²) in [5, 5.41) is 2.81. The Labute approximate surface area is 138 Å². The Balaban J connectivity index is 1.69. The number of imidazole rings is 1. The number of esters is 1. The lowest BCUT2D eigenvalue weighted by atomic mass is 10.1. The van der Waals surface area contributed by atoms with E-state index in [9.17, 15) is 9.59 Å². The van der Waals surface area contributed by atoms with E-state index in [-0.39, 0.29) is 5.91 Å². The minimum Gasteiger partial charge on any atom is -0.465 e. The predicted molar refractivity (Wildman–Crippen MR) is 89.3 cm³/mol. The minimum atomic E-state index is -0.433. The number of hydrogen-bond acceptors (Lipinski definition) is 4. The molecule has 120 valence electrons. The summed E-state index contributed by atoms with van der Waals surface area (Å²) in [7, 11) is 1.32. The van der Waals surface area contributed by atoms with Gasteiger partial charge in [-0.2, -0.15) is 0 Å². The maximum absolute atomic E-state index is 12.2. The Morgan fingerprint density at radius 1 is 1.00 bits per heavy atom. The molecule has 1 heterocycles. The fourth-order valence-corrected chi connectivity index (χ4v) is 2.21. The average Bonchev–Trinajstić information content (AvgIpc) is 3.16. The lowest BCUT2D eigenvalue weighted by Crippen LogP contribution is -2.12. The standard InChI is InChI=1S/C18H15N3O3/c1-24-18(23)14-4-2-13(3-5-14)17(22)20-15-6-8-16(9-7-15)21-11-10-19-12-21/h2-12H,1H3,(H,20,22). The fourth-order valence-electron chi connectivity index (χ4n) is 2.21. The summed E-state index contributed by atoms with van der Waals surface area (Å²) in [6.45, 7) is 0. The molecule has 24 heavy (non-hydrogen) atoms. The average molecular weight is 321 g/mol. The van der Waals surface area contributed by atoms with E-state index in [2.05, 4.69) is 15.0 Å². The Morgan fingerprint density at radius 3 is 2.25 bits per heavy atom. The van der Waals surface area contributed by atoms with Gasteiger partial charge in [0.15, 0.2) is 0 Å². The van der Waals surface area contributed by atoms with Crippen LogP contribution in [0.5, 0.6) is 0 Å². The summed E-state index contributed by atoms with van der Waals surface area (Å²) < 4.78 is 6.50. The third-order valence-corrected chi connectivity index (χ3v) is 3.50. The first-order chi connectivity index (χ1) is 11.7. The van der Waals surface area contributed by atoms with Crippen molar-refractivity contribution in [2.45, 2.75) is 0 Å². The molecule has 0 bridgehead atoms. The molecule has 0 spiro atoms. The van der Waals surface area contributed by atoms with Crippen LogP contribution in [0.3, 0.4) is 0 Å². The van der Waals surface area contributed by atoms with Crippen molar-refractivity contribution in [2.75, 3.05) is 12.4 Å². The van der Waals surface area contributed by atoms with Crippen LogP contribution < -0.4 is 5.32 Å². The number of amides is 1. The molecule has 0 aliphatic rings. The quantitative estimate of drug-likeness (QED) is 0.750. The molecule has 2 aromatic carbocycles. The van der Waals surface area contributed by atoms with Gasteiger partial charge in [-0.25, -0.2) is 9.78 Å². The number of anilines is 1. The van der Waals surface area contributed by atoms with Crippen molar-refractivity contribution >= 4 is 17.6 Å². The molecule has 6 nitrogen and oxygen atoms in total. The molecule has 0 radical (unpaired) electrons. The predicted octanol–water partition coefficient (Wildman–Crippen LogP) is 2.91. The molecule has 6 heteroatoms. The van der Waals surface area contributed by atoms with E-state index in [4.69, 9.17) is 0 Å². The lowest BCUT2D eigenvalue weighted by Gasteiger charge is -2.07. The van der Waals surface area contributed by atoms with Gasteiger partial charge in [0.1, 0.15) is 0 Å². The SMILES string of the molecule is COC(=O)c1ccc(C(=O)Nc2ccc(-n3ccnc3)cc2)cc1. The summed E-state index contributed by atoms with van der Waals surface area (Å²) in [6.07, 6.45) is 5.25. The lowest BCUT2D eigenvalue weighted by molar-refractivity contribution is 0.0600. The molecule has 0 saturated carbocycles. The summed E-state index contributed by atoms with van der Waals surface area (Å²) in [4.78, 5) is 27.6. The number of nitrogens with one attached hydrogen (secondary N) is 1. The summed E-state index contributed by atoms with van der Waals surface area (Å²) in [5.74, 6) is -0.682.